The minimum Gasteiger partial charge on any atom is -0.406 e. The molecule has 244 valence electrons. The topological polar surface area (TPSA) is 74.8 Å². The Morgan fingerprint density at radius 2 is 1.59 bits per heavy atom. The van der Waals surface area contributed by atoms with Gasteiger partial charge in [0.1, 0.15) is 0 Å². The molecule has 0 bridgehead atoms. The number of likely N-dealkylation sites (N-methyl/N-ethyl adjacent to an activating group) is 1. The van der Waals surface area contributed by atoms with Crippen LogP contribution < -0.4 is 20.6 Å². The van der Waals surface area contributed by atoms with Crippen molar-refractivity contribution in [3.63, 3.8) is 0 Å². The second kappa shape index (κ2) is 14.9. The Morgan fingerprint density at radius 1 is 0.957 bits per heavy atom. The molecular weight excluding hydrogens is 609 g/mol. The summed E-state index contributed by atoms with van der Waals surface area (Å²) in [5, 5.41) is 5.90. The maximum absolute atomic E-state index is 14.1. The van der Waals surface area contributed by atoms with Crippen LogP contribution in [0.15, 0.2) is 108 Å². The number of nitrogens with zero attached hydrogens (tertiary/aromatic N) is 3. The normalized spacial score (nSPS) is 15.6. The maximum atomic E-state index is 14.1. The number of sulfonamides is 1. The van der Waals surface area contributed by atoms with Gasteiger partial charge in [0.25, 0.3) is 8.32 Å². The first-order valence-corrected chi connectivity index (χ1v) is 20.0. The van der Waals surface area contributed by atoms with Gasteiger partial charge in [0.2, 0.25) is 10.0 Å². The van der Waals surface area contributed by atoms with Crippen LogP contribution in [0.5, 0.6) is 0 Å². The minimum atomic E-state index is -3.77. The van der Waals surface area contributed by atoms with E-state index in [1.54, 1.807) is 29.7 Å². The number of hydrogen-bond acceptors (Lipinski definition) is 6. The zero-order chi connectivity index (χ0) is 32.7. The third kappa shape index (κ3) is 7.38. The lowest BCUT2D eigenvalue weighted by molar-refractivity contribution is 0.196. The van der Waals surface area contributed by atoms with Crippen molar-refractivity contribution in [3.8, 4) is 0 Å². The molecule has 0 spiro atoms. The van der Waals surface area contributed by atoms with Gasteiger partial charge in [-0.15, -0.1) is 0 Å². The minimum absolute atomic E-state index is 0.116. The van der Waals surface area contributed by atoms with Gasteiger partial charge in [0.05, 0.1) is 35.2 Å². The predicted molar refractivity (Wildman–Crippen MR) is 192 cm³/mol. The molecule has 0 aliphatic carbocycles. The van der Waals surface area contributed by atoms with Crippen LogP contribution in [0, 0.1) is 5.92 Å². The fourth-order valence-corrected chi connectivity index (χ4v) is 12.0. The molecule has 4 aromatic rings. The Hall–Kier alpha value is -3.50. The molecule has 1 aliphatic rings. The zero-order valence-electron chi connectivity index (χ0n) is 27.8. The Morgan fingerprint density at radius 3 is 2.17 bits per heavy atom. The molecule has 0 fully saturated rings. The van der Waals surface area contributed by atoms with Gasteiger partial charge in [-0.1, -0.05) is 106 Å². The highest BCUT2D eigenvalue weighted by atomic mass is 32.2. The summed E-state index contributed by atoms with van der Waals surface area (Å²) in [7, 11) is -4.71. The quantitative estimate of drug-likeness (QED) is 0.148. The number of pyridine rings is 1. The summed E-state index contributed by atoms with van der Waals surface area (Å²) in [6.45, 7) is 9.59. The largest absolute Gasteiger partial charge is 0.406 e. The number of hydrogen-bond donors (Lipinski definition) is 1. The molecule has 0 saturated carbocycles. The third-order valence-electron chi connectivity index (χ3n) is 9.04. The Bertz CT molecular complexity index is 1610. The Balaban J connectivity index is 1.39. The number of aromatic nitrogens is 1. The Kier molecular flexibility index (Phi) is 11.0. The van der Waals surface area contributed by atoms with E-state index in [4.69, 9.17) is 4.43 Å². The Labute approximate surface area is 276 Å². The van der Waals surface area contributed by atoms with Crippen molar-refractivity contribution >= 4 is 40.1 Å². The number of nitrogens with one attached hydrogen (secondary N) is 1. The molecule has 3 aromatic carbocycles. The summed E-state index contributed by atoms with van der Waals surface area (Å²) < 4.78 is 37.0. The fourth-order valence-electron chi connectivity index (χ4n) is 6.45. The molecule has 1 aliphatic heterocycles. The van der Waals surface area contributed by atoms with Gasteiger partial charge >= 0.3 is 0 Å². The van der Waals surface area contributed by atoms with Gasteiger partial charge in [0, 0.05) is 25.8 Å². The molecule has 0 radical (unpaired) electrons. The van der Waals surface area contributed by atoms with E-state index in [2.05, 4.69) is 91.4 Å². The van der Waals surface area contributed by atoms with Gasteiger partial charge in [-0.05, 0) is 59.4 Å². The van der Waals surface area contributed by atoms with Crippen LogP contribution in [0.3, 0.4) is 0 Å². The van der Waals surface area contributed by atoms with Crippen molar-refractivity contribution in [3.05, 3.63) is 109 Å². The van der Waals surface area contributed by atoms with E-state index in [0.717, 1.165) is 35.8 Å². The molecule has 2 heterocycles. The number of unbranched alkanes of at least 4 members (excludes halogenated alkanes) is 1. The molecule has 9 heteroatoms. The van der Waals surface area contributed by atoms with E-state index in [-0.39, 0.29) is 12.2 Å². The van der Waals surface area contributed by atoms with E-state index in [1.165, 1.54) is 10.4 Å². The van der Waals surface area contributed by atoms with Gasteiger partial charge in [-0.25, -0.2) is 8.42 Å². The summed E-state index contributed by atoms with van der Waals surface area (Å²) in [6, 6.07) is 31.1. The fraction of sp³-hybridized carbons (Fsp3) is 0.378. The summed E-state index contributed by atoms with van der Waals surface area (Å²) >= 11 is 0. The van der Waals surface area contributed by atoms with Crippen molar-refractivity contribution in [2.24, 2.45) is 5.92 Å². The van der Waals surface area contributed by atoms with Crippen LogP contribution >= 0.6 is 0 Å². The van der Waals surface area contributed by atoms with Crippen molar-refractivity contribution in [2.75, 3.05) is 23.9 Å². The number of rotatable bonds is 15. The van der Waals surface area contributed by atoms with E-state index in [0.29, 0.717) is 30.4 Å². The van der Waals surface area contributed by atoms with E-state index in [1.807, 2.05) is 36.5 Å². The first-order chi connectivity index (χ1) is 22.2. The van der Waals surface area contributed by atoms with Crippen LogP contribution in [0.4, 0.5) is 11.4 Å². The van der Waals surface area contributed by atoms with Crippen LogP contribution in [0.25, 0.3) is 0 Å². The van der Waals surface area contributed by atoms with Crippen LogP contribution in [0.1, 0.15) is 52.5 Å². The molecule has 0 amide bonds. The molecule has 2 atom stereocenters. The molecule has 0 saturated heterocycles. The first kappa shape index (κ1) is 33.8. The lowest BCUT2D eigenvalue weighted by atomic mass is 10.1. The van der Waals surface area contributed by atoms with E-state index >= 15 is 0 Å². The maximum Gasteiger partial charge on any atom is 0.255 e. The SMILES string of the molecule is CCCC[Si](OCC(CC(C)C)N(C)S(=O)(=O)c1ccc(CN2c3ccncc3N[C@@H]2C)cc1)(c1ccccc1)c1ccccc1. The average molecular weight is 657 g/mol. The first-order valence-electron chi connectivity index (χ1n) is 16.4. The number of benzene rings is 3. The smallest absolute Gasteiger partial charge is 0.255 e. The molecule has 1 N–H and O–H groups in total. The van der Waals surface area contributed by atoms with Gasteiger partial charge in [0.15, 0.2) is 0 Å². The lowest BCUT2D eigenvalue weighted by Gasteiger charge is -2.36. The third-order valence-corrected chi connectivity index (χ3v) is 15.2. The summed E-state index contributed by atoms with van der Waals surface area (Å²) in [4.78, 5) is 6.78. The second-order valence-electron chi connectivity index (χ2n) is 12.8. The number of fused-ring (bicyclic) bond motifs is 1. The van der Waals surface area contributed by atoms with E-state index < -0.39 is 18.3 Å². The predicted octanol–water partition coefficient (Wildman–Crippen LogP) is 6.47. The molecule has 5 rings (SSSR count). The van der Waals surface area contributed by atoms with Gasteiger partial charge in [-0.2, -0.15) is 4.31 Å². The van der Waals surface area contributed by atoms with Crippen LogP contribution in [-0.2, 0) is 21.0 Å². The second-order valence-corrected chi connectivity index (χ2v) is 18.4. The molecular formula is C37H48N4O3SSi. The molecule has 1 unspecified atom stereocenters. The average Bonchev–Trinajstić information content (AvgIpc) is 3.39. The molecule has 7 nitrogen and oxygen atoms in total. The van der Waals surface area contributed by atoms with Gasteiger partial charge in [-0.3, -0.25) is 4.98 Å². The van der Waals surface area contributed by atoms with Crippen LogP contribution in [0.2, 0.25) is 6.04 Å². The highest BCUT2D eigenvalue weighted by molar-refractivity contribution is 7.89. The molecule has 46 heavy (non-hydrogen) atoms. The van der Waals surface area contributed by atoms with E-state index in [9.17, 15) is 8.42 Å². The highest BCUT2D eigenvalue weighted by Gasteiger charge is 2.41. The van der Waals surface area contributed by atoms with Crippen molar-refractivity contribution in [1.82, 2.24) is 9.29 Å². The van der Waals surface area contributed by atoms with Crippen LogP contribution in [-0.4, -0.2) is 51.9 Å². The highest BCUT2D eigenvalue weighted by Crippen LogP contribution is 2.34. The van der Waals surface area contributed by atoms with Crippen molar-refractivity contribution in [2.45, 2.75) is 76.6 Å². The summed E-state index contributed by atoms with van der Waals surface area (Å²) in [5.74, 6) is 0.294. The van der Waals surface area contributed by atoms with Crippen molar-refractivity contribution in [1.29, 1.82) is 0 Å². The van der Waals surface area contributed by atoms with Crippen molar-refractivity contribution < 1.29 is 12.8 Å². The monoisotopic (exact) mass is 656 g/mol. The lowest BCUT2D eigenvalue weighted by Crippen LogP contribution is -2.62. The standard InChI is InChI=1S/C37H48N4O3SSi/c1-6-7-24-46(34-14-10-8-11-15-34,35-16-12-9-13-17-35)44-28-32(25-29(2)3)40(5)45(42,43)33-20-18-31(19-21-33)27-41-30(4)39-36-26-38-23-22-37(36)41/h8-23,26,29-30,32,39H,6-7,24-25,27-28H2,1-5H3/t30-,32?/m0/s1. The molecule has 1 aromatic heterocycles. The van der Waals surface area contributed by atoms with Gasteiger partial charge < -0.3 is 14.6 Å². The number of anilines is 2. The summed E-state index contributed by atoms with van der Waals surface area (Å²) in [6.07, 6.45) is 6.55. The zero-order valence-corrected chi connectivity index (χ0v) is 29.6. The summed E-state index contributed by atoms with van der Waals surface area (Å²) in [5.41, 5.74) is 3.15.